The summed E-state index contributed by atoms with van der Waals surface area (Å²) >= 11 is 0. The van der Waals surface area contributed by atoms with Gasteiger partial charge in [-0.1, -0.05) is 67.6 Å². The van der Waals surface area contributed by atoms with Gasteiger partial charge in [0.2, 0.25) is 5.88 Å². The number of methoxy groups -OCH3 is 1. The summed E-state index contributed by atoms with van der Waals surface area (Å²) in [4.78, 5) is 22.6. The second-order valence-electron chi connectivity index (χ2n) is 8.49. The molecule has 1 heterocycles. The van der Waals surface area contributed by atoms with Crippen LogP contribution < -0.4 is 4.74 Å². The molecule has 30 heavy (non-hydrogen) atoms. The molecule has 0 bridgehead atoms. The topological polar surface area (TPSA) is 52.1 Å². The lowest BCUT2D eigenvalue weighted by Crippen LogP contribution is -2.50. The van der Waals surface area contributed by atoms with Crippen LogP contribution in [0.25, 0.3) is 11.4 Å². The second kappa shape index (κ2) is 7.35. The van der Waals surface area contributed by atoms with Gasteiger partial charge in [0.1, 0.15) is 5.78 Å². The van der Waals surface area contributed by atoms with Crippen molar-refractivity contribution in [3.8, 4) is 17.3 Å². The first-order chi connectivity index (χ1) is 14.6. The molecule has 152 valence electrons. The Morgan fingerprint density at radius 2 is 1.67 bits per heavy atom. The molecule has 0 unspecified atom stereocenters. The number of hydrogen-bond donors (Lipinski definition) is 0. The quantitative estimate of drug-likeness (QED) is 0.623. The highest BCUT2D eigenvalue weighted by molar-refractivity contribution is 5.83. The van der Waals surface area contributed by atoms with E-state index in [0.29, 0.717) is 23.9 Å². The third-order valence-corrected chi connectivity index (χ3v) is 7.12. The van der Waals surface area contributed by atoms with E-state index in [0.717, 1.165) is 36.1 Å². The fraction of sp³-hybridized carbons (Fsp3) is 0.346. The lowest BCUT2D eigenvalue weighted by molar-refractivity contribution is -0.128. The molecular weight excluding hydrogens is 372 g/mol. The van der Waals surface area contributed by atoms with Crippen LogP contribution >= 0.6 is 0 Å². The van der Waals surface area contributed by atoms with E-state index in [4.69, 9.17) is 14.7 Å². The van der Waals surface area contributed by atoms with Crippen LogP contribution in [0.15, 0.2) is 60.7 Å². The Bertz CT molecular complexity index is 1080. The van der Waals surface area contributed by atoms with Crippen LogP contribution in [-0.4, -0.2) is 22.9 Å². The summed E-state index contributed by atoms with van der Waals surface area (Å²) in [6.45, 7) is 2.10. The molecule has 2 aliphatic carbocycles. The Morgan fingerprint density at radius 3 is 2.37 bits per heavy atom. The lowest BCUT2D eigenvalue weighted by Gasteiger charge is -2.50. The summed E-state index contributed by atoms with van der Waals surface area (Å²) in [5.41, 5.74) is 4.08. The zero-order valence-corrected chi connectivity index (χ0v) is 17.5. The molecule has 1 fully saturated rings. The Morgan fingerprint density at radius 1 is 0.967 bits per heavy atom. The maximum absolute atomic E-state index is 12.7. The number of hydrogen-bond acceptors (Lipinski definition) is 4. The Labute approximate surface area is 177 Å². The molecule has 0 radical (unpaired) electrons. The van der Waals surface area contributed by atoms with Gasteiger partial charge in [0.25, 0.3) is 0 Å². The van der Waals surface area contributed by atoms with Gasteiger partial charge in [-0.3, -0.25) is 4.79 Å². The molecule has 2 aliphatic rings. The van der Waals surface area contributed by atoms with Crippen molar-refractivity contribution in [3.05, 3.63) is 77.5 Å². The number of fused-ring (bicyclic) bond motifs is 3. The van der Waals surface area contributed by atoms with E-state index in [1.807, 2.05) is 36.4 Å². The van der Waals surface area contributed by atoms with Crippen molar-refractivity contribution < 1.29 is 9.53 Å². The molecule has 0 saturated heterocycles. The van der Waals surface area contributed by atoms with Crippen LogP contribution in [0.3, 0.4) is 0 Å². The summed E-state index contributed by atoms with van der Waals surface area (Å²) < 4.78 is 5.77. The Kier molecular flexibility index (Phi) is 4.65. The molecule has 1 aromatic heterocycles. The smallest absolute Gasteiger partial charge is 0.220 e. The largest absolute Gasteiger partial charge is 0.481 e. The minimum absolute atomic E-state index is 0.0215. The van der Waals surface area contributed by atoms with Gasteiger partial charge in [0.05, 0.1) is 12.8 Å². The van der Waals surface area contributed by atoms with Crippen LogP contribution in [0.2, 0.25) is 0 Å². The van der Waals surface area contributed by atoms with Gasteiger partial charge < -0.3 is 4.74 Å². The number of benzene rings is 2. The standard InChI is InChI=1S/C26H26N2O2/c1-17-21-14-13-20-23(26(21,16-15-22(17)29)19-11-7-4-8-12-19)27-24(28-25(20)30-2)18-9-5-3-6-10-18/h3-12,17,21H,13-16H2,1-2H3/t17-,21-,26+/m0/s1. The molecular formula is C26H26N2O2. The van der Waals surface area contributed by atoms with Crippen molar-refractivity contribution in [1.29, 1.82) is 0 Å². The van der Waals surface area contributed by atoms with Crippen LogP contribution in [0, 0.1) is 11.8 Å². The number of rotatable bonds is 3. The van der Waals surface area contributed by atoms with Crippen LogP contribution in [-0.2, 0) is 16.6 Å². The van der Waals surface area contributed by atoms with Crippen molar-refractivity contribution in [3.63, 3.8) is 0 Å². The van der Waals surface area contributed by atoms with Gasteiger partial charge in [-0.25, -0.2) is 4.98 Å². The summed E-state index contributed by atoms with van der Waals surface area (Å²) in [7, 11) is 1.69. The highest BCUT2D eigenvalue weighted by atomic mass is 16.5. The predicted molar refractivity (Wildman–Crippen MR) is 116 cm³/mol. The molecule has 5 rings (SSSR count). The van der Waals surface area contributed by atoms with Crippen LogP contribution in [0.1, 0.15) is 43.0 Å². The summed E-state index contributed by atoms with van der Waals surface area (Å²) in [5.74, 6) is 1.98. The molecule has 2 aromatic carbocycles. The van der Waals surface area contributed by atoms with Crippen LogP contribution in [0.4, 0.5) is 0 Å². The van der Waals surface area contributed by atoms with E-state index in [1.54, 1.807) is 7.11 Å². The Hall–Kier alpha value is -3.01. The van der Waals surface area contributed by atoms with Crippen molar-refractivity contribution in [2.45, 2.75) is 38.0 Å². The first-order valence-electron chi connectivity index (χ1n) is 10.7. The summed E-state index contributed by atoms with van der Waals surface area (Å²) in [6, 6.07) is 20.7. The second-order valence-corrected chi connectivity index (χ2v) is 8.49. The molecule has 0 spiro atoms. The third-order valence-electron chi connectivity index (χ3n) is 7.12. The van der Waals surface area contributed by atoms with E-state index in [1.165, 1.54) is 5.56 Å². The lowest BCUT2D eigenvalue weighted by atomic mass is 9.53. The fourth-order valence-corrected chi connectivity index (χ4v) is 5.65. The van der Waals surface area contributed by atoms with Gasteiger partial charge in [0, 0.05) is 28.9 Å². The first kappa shape index (κ1) is 19.0. The van der Waals surface area contributed by atoms with E-state index in [-0.39, 0.29) is 17.3 Å². The highest BCUT2D eigenvalue weighted by Crippen LogP contribution is 2.55. The van der Waals surface area contributed by atoms with Gasteiger partial charge in [-0.2, -0.15) is 4.98 Å². The number of carbonyl (C=O) groups is 1. The maximum Gasteiger partial charge on any atom is 0.220 e. The molecule has 4 heteroatoms. The summed E-state index contributed by atoms with van der Waals surface area (Å²) in [6.07, 6.45) is 3.15. The van der Waals surface area contributed by atoms with E-state index in [2.05, 4.69) is 31.2 Å². The average molecular weight is 399 g/mol. The zero-order valence-electron chi connectivity index (χ0n) is 17.5. The zero-order chi connectivity index (χ0) is 20.7. The SMILES string of the molecule is COc1nc(-c2ccccc2)nc2c1CC[C@H]1[C@H](C)C(=O)CC[C@]21c1ccccc1. The third kappa shape index (κ3) is 2.78. The van der Waals surface area contributed by atoms with Gasteiger partial charge >= 0.3 is 0 Å². The molecule has 3 aromatic rings. The fourth-order valence-electron chi connectivity index (χ4n) is 5.65. The summed E-state index contributed by atoms with van der Waals surface area (Å²) in [5, 5.41) is 0. The van der Waals surface area contributed by atoms with Crippen molar-refractivity contribution in [2.75, 3.05) is 7.11 Å². The van der Waals surface area contributed by atoms with Crippen LogP contribution in [0.5, 0.6) is 5.88 Å². The molecule has 4 nitrogen and oxygen atoms in total. The van der Waals surface area contributed by atoms with Crippen molar-refractivity contribution in [1.82, 2.24) is 9.97 Å². The van der Waals surface area contributed by atoms with Crippen molar-refractivity contribution in [2.24, 2.45) is 11.8 Å². The molecule has 0 aliphatic heterocycles. The molecule has 1 saturated carbocycles. The van der Waals surface area contributed by atoms with Gasteiger partial charge in [-0.05, 0) is 30.7 Å². The molecule has 0 N–H and O–H groups in total. The van der Waals surface area contributed by atoms with Gasteiger partial charge in [-0.15, -0.1) is 0 Å². The van der Waals surface area contributed by atoms with Crippen molar-refractivity contribution >= 4 is 5.78 Å². The van der Waals surface area contributed by atoms with E-state index in [9.17, 15) is 4.79 Å². The number of nitrogens with zero attached hydrogens (tertiary/aromatic N) is 2. The minimum atomic E-state index is -0.290. The molecule has 3 atom stereocenters. The first-order valence-corrected chi connectivity index (χ1v) is 10.7. The predicted octanol–water partition coefficient (Wildman–Crippen LogP) is 5.00. The monoisotopic (exact) mass is 398 g/mol. The maximum atomic E-state index is 12.7. The number of carbonyl (C=O) groups excluding carboxylic acids is 1. The normalized spacial score (nSPS) is 25.3. The average Bonchev–Trinajstić information content (AvgIpc) is 2.81. The molecule has 0 amide bonds. The van der Waals surface area contributed by atoms with E-state index < -0.39 is 0 Å². The number of ether oxygens (including phenoxy) is 1. The van der Waals surface area contributed by atoms with E-state index >= 15 is 0 Å². The van der Waals surface area contributed by atoms with Gasteiger partial charge in [0.15, 0.2) is 5.82 Å². The number of ketones is 1. The Balaban J connectivity index is 1.80. The minimum Gasteiger partial charge on any atom is -0.481 e. The number of aromatic nitrogens is 2. The highest BCUT2D eigenvalue weighted by Gasteiger charge is 2.53. The number of Topliss-reactive ketones (excluding diaryl/α,β-unsaturated/α-hetero) is 1.